The van der Waals surface area contributed by atoms with Gasteiger partial charge in [-0.3, -0.25) is 9.78 Å². The Morgan fingerprint density at radius 2 is 2.06 bits per heavy atom. The molecule has 2 heterocycles. The van der Waals surface area contributed by atoms with Crippen LogP contribution in [-0.2, 0) is 0 Å². The number of carbonyl (C=O) groups excluding carboxylic acids is 1. The molecule has 32 heavy (non-hydrogen) atoms. The summed E-state index contributed by atoms with van der Waals surface area (Å²) in [4.78, 5) is 18.8. The lowest BCUT2D eigenvalue weighted by atomic mass is 9.98. The van der Waals surface area contributed by atoms with Crippen molar-refractivity contribution in [3.63, 3.8) is 0 Å². The van der Waals surface area contributed by atoms with Crippen LogP contribution in [0.15, 0.2) is 30.5 Å². The molecule has 11 heteroatoms. The van der Waals surface area contributed by atoms with Crippen LogP contribution in [0.2, 0.25) is 0 Å². The number of rotatable bonds is 6. The van der Waals surface area contributed by atoms with E-state index in [1.165, 1.54) is 24.4 Å². The van der Waals surface area contributed by atoms with Gasteiger partial charge >= 0.3 is 12.8 Å². The zero-order valence-electron chi connectivity index (χ0n) is 17.4. The second kappa shape index (κ2) is 9.27. The number of anilines is 1. The van der Waals surface area contributed by atoms with Crippen molar-refractivity contribution in [3.8, 4) is 16.9 Å². The van der Waals surface area contributed by atoms with Gasteiger partial charge in [0.25, 0.3) is 5.91 Å². The number of aryl methyl sites for hydroxylation is 1. The molecule has 0 bridgehead atoms. The van der Waals surface area contributed by atoms with Crippen LogP contribution >= 0.6 is 0 Å². The number of nitrogens with two attached hydrogens (primary N) is 1. The number of aromatic nitrogens is 1. The SMILES string of the molecule is Cc1ncc(C(=O)NC(C)C(F)(F)F)c(N2CC[C@H](N)C2)c1-c1cccc(OC(F)F)c1. The Morgan fingerprint density at radius 1 is 1.34 bits per heavy atom. The number of alkyl halides is 5. The number of nitrogens with zero attached hydrogens (tertiary/aromatic N) is 2. The normalized spacial score (nSPS) is 17.5. The maximum absolute atomic E-state index is 13.0. The van der Waals surface area contributed by atoms with Gasteiger partial charge in [0.2, 0.25) is 0 Å². The Balaban J connectivity index is 2.13. The lowest BCUT2D eigenvalue weighted by molar-refractivity contribution is -0.149. The van der Waals surface area contributed by atoms with Crippen molar-refractivity contribution in [2.45, 2.75) is 45.1 Å². The highest BCUT2D eigenvalue weighted by molar-refractivity contribution is 6.04. The molecule has 3 rings (SSSR count). The van der Waals surface area contributed by atoms with E-state index in [9.17, 15) is 26.7 Å². The summed E-state index contributed by atoms with van der Waals surface area (Å²) in [5, 5.41) is 1.96. The van der Waals surface area contributed by atoms with Gasteiger partial charge < -0.3 is 20.7 Å². The number of nitrogens with one attached hydrogen (secondary N) is 1. The van der Waals surface area contributed by atoms with Crippen molar-refractivity contribution >= 4 is 11.6 Å². The van der Waals surface area contributed by atoms with Gasteiger partial charge in [0.15, 0.2) is 0 Å². The van der Waals surface area contributed by atoms with Gasteiger partial charge in [-0.15, -0.1) is 0 Å². The van der Waals surface area contributed by atoms with Crippen molar-refractivity contribution in [1.82, 2.24) is 10.3 Å². The quantitative estimate of drug-likeness (QED) is 0.643. The van der Waals surface area contributed by atoms with Crippen LogP contribution < -0.4 is 20.7 Å². The summed E-state index contributed by atoms with van der Waals surface area (Å²) in [5.41, 5.74) is 7.65. The van der Waals surface area contributed by atoms with Crippen molar-refractivity contribution in [2.75, 3.05) is 18.0 Å². The summed E-state index contributed by atoms with van der Waals surface area (Å²) in [6, 6.07) is 3.60. The van der Waals surface area contributed by atoms with Crippen molar-refractivity contribution in [1.29, 1.82) is 0 Å². The molecule has 2 atom stereocenters. The predicted octanol–water partition coefficient (Wildman–Crippen LogP) is 3.88. The topological polar surface area (TPSA) is 80.5 Å². The molecule has 174 valence electrons. The number of halogens is 5. The molecule has 1 aliphatic rings. The number of amides is 1. The first-order valence-electron chi connectivity index (χ1n) is 9.90. The fraction of sp³-hybridized carbons (Fsp3) is 0.429. The summed E-state index contributed by atoms with van der Waals surface area (Å²) in [5.74, 6) is -1.04. The largest absolute Gasteiger partial charge is 0.435 e. The van der Waals surface area contributed by atoms with Crippen LogP contribution in [0.4, 0.5) is 27.6 Å². The van der Waals surface area contributed by atoms with Gasteiger partial charge in [0.05, 0.1) is 11.3 Å². The number of hydrogen-bond donors (Lipinski definition) is 2. The highest BCUT2D eigenvalue weighted by Gasteiger charge is 2.38. The van der Waals surface area contributed by atoms with E-state index in [-0.39, 0.29) is 17.4 Å². The molecule has 1 aliphatic heterocycles. The van der Waals surface area contributed by atoms with Crippen LogP contribution in [0, 0.1) is 6.92 Å². The Hall–Kier alpha value is -2.95. The number of hydrogen-bond acceptors (Lipinski definition) is 5. The molecular formula is C21H23F5N4O2. The van der Waals surface area contributed by atoms with Gasteiger partial charge in [-0.05, 0) is 38.0 Å². The second-order valence-electron chi connectivity index (χ2n) is 7.62. The van der Waals surface area contributed by atoms with Crippen molar-refractivity contribution in [3.05, 3.63) is 41.7 Å². The minimum atomic E-state index is -4.62. The lowest BCUT2D eigenvalue weighted by Gasteiger charge is -2.27. The first-order valence-corrected chi connectivity index (χ1v) is 9.90. The second-order valence-corrected chi connectivity index (χ2v) is 7.62. The maximum Gasteiger partial charge on any atom is 0.408 e. The third kappa shape index (κ3) is 5.26. The Morgan fingerprint density at radius 3 is 2.66 bits per heavy atom. The standard InChI is InChI=1S/C21H23F5N4O2/c1-11-17(13-4-3-5-15(8-13)32-20(22)23)18(30-7-6-14(27)10-30)16(9-28-11)19(31)29-12(2)21(24,25)26/h3-5,8-9,12,14,20H,6-7,10,27H2,1-2H3,(H,29,31)/t12?,14-/m0/s1. The fourth-order valence-electron chi connectivity index (χ4n) is 3.61. The van der Waals surface area contributed by atoms with Gasteiger partial charge in [0.1, 0.15) is 11.8 Å². The smallest absolute Gasteiger partial charge is 0.408 e. The van der Waals surface area contributed by atoms with E-state index < -0.39 is 24.7 Å². The Labute approximate surface area is 181 Å². The van der Waals surface area contributed by atoms with Crippen LogP contribution in [0.1, 0.15) is 29.4 Å². The summed E-state index contributed by atoms with van der Waals surface area (Å²) in [6.07, 6.45) is -2.78. The van der Waals surface area contributed by atoms with Crippen LogP contribution in [0.25, 0.3) is 11.1 Å². The molecular weight excluding hydrogens is 435 g/mol. The van der Waals surface area contributed by atoms with E-state index in [4.69, 9.17) is 5.73 Å². The molecule has 0 spiro atoms. The molecule has 2 aromatic rings. The summed E-state index contributed by atoms with van der Waals surface area (Å²) in [6.45, 7) is 0.326. The number of pyridine rings is 1. The minimum absolute atomic E-state index is 0.0593. The zero-order chi connectivity index (χ0) is 23.6. The van der Waals surface area contributed by atoms with Crippen LogP contribution in [-0.4, -0.2) is 48.9 Å². The van der Waals surface area contributed by atoms with Gasteiger partial charge in [-0.2, -0.15) is 22.0 Å². The lowest BCUT2D eigenvalue weighted by Crippen LogP contribution is -2.43. The molecule has 3 N–H and O–H groups in total. The first kappa shape index (κ1) is 23.7. The minimum Gasteiger partial charge on any atom is -0.435 e. The number of carbonyl (C=O) groups is 1. The van der Waals surface area contributed by atoms with Crippen molar-refractivity contribution < 1.29 is 31.5 Å². The maximum atomic E-state index is 13.0. The predicted molar refractivity (Wildman–Crippen MR) is 109 cm³/mol. The first-order chi connectivity index (χ1) is 15.0. The van der Waals surface area contributed by atoms with E-state index in [0.29, 0.717) is 42.0 Å². The van der Waals surface area contributed by atoms with Gasteiger partial charge in [-0.25, -0.2) is 0 Å². The molecule has 6 nitrogen and oxygen atoms in total. The molecule has 1 unspecified atom stereocenters. The fourth-order valence-corrected chi connectivity index (χ4v) is 3.61. The van der Waals surface area contributed by atoms with E-state index in [1.807, 2.05) is 10.2 Å². The highest BCUT2D eigenvalue weighted by Crippen LogP contribution is 2.39. The van der Waals surface area contributed by atoms with Gasteiger partial charge in [-0.1, -0.05) is 12.1 Å². The molecule has 1 amide bonds. The Kier molecular flexibility index (Phi) is 6.87. The van der Waals surface area contributed by atoms with E-state index >= 15 is 0 Å². The molecule has 1 aromatic carbocycles. The van der Waals surface area contributed by atoms with E-state index in [0.717, 1.165) is 6.92 Å². The average Bonchev–Trinajstić information content (AvgIpc) is 3.12. The summed E-state index contributed by atoms with van der Waals surface area (Å²) < 4.78 is 68.9. The number of benzene rings is 1. The summed E-state index contributed by atoms with van der Waals surface area (Å²) >= 11 is 0. The molecule has 1 aromatic heterocycles. The van der Waals surface area contributed by atoms with Crippen LogP contribution in [0.5, 0.6) is 5.75 Å². The van der Waals surface area contributed by atoms with Crippen molar-refractivity contribution in [2.24, 2.45) is 5.73 Å². The molecule has 1 fully saturated rings. The molecule has 0 aliphatic carbocycles. The third-order valence-electron chi connectivity index (χ3n) is 5.21. The van der Waals surface area contributed by atoms with E-state index in [1.54, 1.807) is 13.0 Å². The monoisotopic (exact) mass is 458 g/mol. The molecule has 0 saturated carbocycles. The van der Waals surface area contributed by atoms with E-state index in [2.05, 4.69) is 9.72 Å². The molecule has 1 saturated heterocycles. The molecule has 0 radical (unpaired) electrons. The number of ether oxygens (including phenoxy) is 1. The summed E-state index contributed by atoms with van der Waals surface area (Å²) in [7, 11) is 0. The zero-order valence-corrected chi connectivity index (χ0v) is 17.4. The van der Waals surface area contributed by atoms with Gasteiger partial charge in [0, 0.05) is 36.6 Å². The average molecular weight is 458 g/mol. The third-order valence-corrected chi connectivity index (χ3v) is 5.21. The van der Waals surface area contributed by atoms with Crippen LogP contribution in [0.3, 0.4) is 0 Å². The Bertz CT molecular complexity index is 983. The highest BCUT2D eigenvalue weighted by atomic mass is 19.4.